The van der Waals surface area contributed by atoms with Crippen LogP contribution in [0.25, 0.3) is 0 Å². The fourth-order valence-electron chi connectivity index (χ4n) is 2.37. The van der Waals surface area contributed by atoms with Gasteiger partial charge in [-0.25, -0.2) is 8.42 Å². The molecule has 2 aromatic rings. The molecule has 6 heteroatoms. The highest BCUT2D eigenvalue weighted by Crippen LogP contribution is 2.18. The van der Waals surface area contributed by atoms with Crippen LogP contribution < -0.4 is 10.0 Å². The van der Waals surface area contributed by atoms with Crippen LogP contribution in [-0.4, -0.2) is 27.1 Å². The minimum absolute atomic E-state index is 0.174. The zero-order valence-electron chi connectivity index (χ0n) is 14.0. The molecule has 128 valence electrons. The first-order valence-corrected chi connectivity index (χ1v) is 9.57. The topological polar surface area (TPSA) is 75.3 Å². The molecule has 2 N–H and O–H groups in total. The van der Waals surface area contributed by atoms with E-state index in [0.29, 0.717) is 23.4 Å². The van der Waals surface area contributed by atoms with Crippen molar-refractivity contribution in [1.82, 2.24) is 5.32 Å². The van der Waals surface area contributed by atoms with Crippen molar-refractivity contribution in [3.63, 3.8) is 0 Å². The maximum Gasteiger partial charge on any atom is 0.251 e. The number of aryl methyl sites for hydroxylation is 1. The first-order valence-electron chi connectivity index (χ1n) is 7.68. The maximum atomic E-state index is 12.3. The van der Waals surface area contributed by atoms with Crippen molar-refractivity contribution in [3.05, 3.63) is 65.2 Å². The van der Waals surface area contributed by atoms with E-state index < -0.39 is 10.0 Å². The monoisotopic (exact) mass is 346 g/mol. The summed E-state index contributed by atoms with van der Waals surface area (Å²) in [5, 5.41) is 2.91. The SMILES string of the molecule is Cc1cc(C(=O)NC[C@@H](C)c2ccccc2)ccc1NS(C)(=O)=O. The third-order valence-corrected chi connectivity index (χ3v) is 4.31. The van der Waals surface area contributed by atoms with Gasteiger partial charge in [0.15, 0.2) is 0 Å². The second-order valence-corrected chi connectivity index (χ2v) is 7.67. The highest BCUT2D eigenvalue weighted by molar-refractivity contribution is 7.92. The number of anilines is 1. The second-order valence-electron chi connectivity index (χ2n) is 5.93. The van der Waals surface area contributed by atoms with E-state index in [1.165, 1.54) is 5.56 Å². The lowest BCUT2D eigenvalue weighted by Crippen LogP contribution is -2.27. The Labute approximate surface area is 143 Å². The molecule has 0 spiro atoms. The van der Waals surface area contributed by atoms with E-state index in [-0.39, 0.29) is 11.8 Å². The van der Waals surface area contributed by atoms with Gasteiger partial charge in [0.05, 0.1) is 11.9 Å². The number of carbonyl (C=O) groups is 1. The van der Waals surface area contributed by atoms with Crippen molar-refractivity contribution in [2.75, 3.05) is 17.5 Å². The second kappa shape index (κ2) is 7.49. The lowest BCUT2D eigenvalue weighted by atomic mass is 10.0. The maximum absolute atomic E-state index is 12.3. The molecule has 0 unspecified atom stereocenters. The van der Waals surface area contributed by atoms with Crippen LogP contribution in [0.1, 0.15) is 34.3 Å². The van der Waals surface area contributed by atoms with Crippen LogP contribution in [0.15, 0.2) is 48.5 Å². The van der Waals surface area contributed by atoms with Gasteiger partial charge >= 0.3 is 0 Å². The molecule has 0 aliphatic rings. The smallest absolute Gasteiger partial charge is 0.251 e. The first-order chi connectivity index (χ1) is 11.3. The quantitative estimate of drug-likeness (QED) is 0.844. The number of hydrogen-bond acceptors (Lipinski definition) is 3. The summed E-state index contributed by atoms with van der Waals surface area (Å²) in [6.45, 7) is 4.35. The zero-order chi connectivity index (χ0) is 17.7. The van der Waals surface area contributed by atoms with E-state index in [4.69, 9.17) is 0 Å². The number of nitrogens with one attached hydrogen (secondary N) is 2. The van der Waals surface area contributed by atoms with E-state index in [0.717, 1.165) is 6.26 Å². The number of sulfonamides is 1. The fraction of sp³-hybridized carbons (Fsp3) is 0.278. The molecule has 0 saturated carbocycles. The summed E-state index contributed by atoms with van der Waals surface area (Å²) in [7, 11) is -3.34. The van der Waals surface area contributed by atoms with E-state index in [9.17, 15) is 13.2 Å². The summed E-state index contributed by atoms with van der Waals surface area (Å²) >= 11 is 0. The van der Waals surface area contributed by atoms with Crippen LogP contribution in [0.3, 0.4) is 0 Å². The molecule has 0 heterocycles. The lowest BCUT2D eigenvalue weighted by Gasteiger charge is -2.14. The van der Waals surface area contributed by atoms with Crippen molar-refractivity contribution in [1.29, 1.82) is 0 Å². The largest absolute Gasteiger partial charge is 0.351 e. The van der Waals surface area contributed by atoms with Crippen molar-refractivity contribution >= 4 is 21.6 Å². The Hall–Kier alpha value is -2.34. The summed E-state index contributed by atoms with van der Waals surface area (Å²) < 4.78 is 25.0. The van der Waals surface area contributed by atoms with Gasteiger partial charge in [-0.3, -0.25) is 9.52 Å². The Morgan fingerprint density at radius 2 is 1.79 bits per heavy atom. The minimum Gasteiger partial charge on any atom is -0.351 e. The molecule has 1 atom stereocenters. The van der Waals surface area contributed by atoms with E-state index in [2.05, 4.69) is 17.0 Å². The summed E-state index contributed by atoms with van der Waals surface area (Å²) in [6, 6.07) is 14.9. The van der Waals surface area contributed by atoms with Gasteiger partial charge in [0.1, 0.15) is 0 Å². The molecule has 1 amide bonds. The number of benzene rings is 2. The molecule has 5 nitrogen and oxygen atoms in total. The molecule has 0 aromatic heterocycles. The first kappa shape index (κ1) is 18.0. The van der Waals surface area contributed by atoms with Gasteiger partial charge in [-0.1, -0.05) is 37.3 Å². The summed E-state index contributed by atoms with van der Waals surface area (Å²) in [5.41, 5.74) is 2.85. The summed E-state index contributed by atoms with van der Waals surface area (Å²) in [6.07, 6.45) is 1.10. The third-order valence-electron chi connectivity index (χ3n) is 3.72. The van der Waals surface area contributed by atoms with Gasteiger partial charge < -0.3 is 5.32 Å². The molecule has 24 heavy (non-hydrogen) atoms. The normalized spacial score (nSPS) is 12.5. The van der Waals surface area contributed by atoms with Crippen LogP contribution in [-0.2, 0) is 10.0 Å². The number of hydrogen-bond donors (Lipinski definition) is 2. The average molecular weight is 346 g/mol. The van der Waals surface area contributed by atoms with Gasteiger partial charge in [-0.15, -0.1) is 0 Å². The van der Waals surface area contributed by atoms with E-state index in [1.54, 1.807) is 25.1 Å². The van der Waals surface area contributed by atoms with Crippen LogP contribution in [0.4, 0.5) is 5.69 Å². The molecule has 0 saturated heterocycles. The predicted molar refractivity (Wildman–Crippen MR) is 96.8 cm³/mol. The van der Waals surface area contributed by atoms with Gasteiger partial charge in [-0.05, 0) is 42.2 Å². The Bertz CT molecular complexity index is 817. The molecule has 0 fully saturated rings. The number of amides is 1. The van der Waals surface area contributed by atoms with Crippen LogP contribution in [0.2, 0.25) is 0 Å². The molecule has 0 bridgehead atoms. The third kappa shape index (κ3) is 5.09. The Kier molecular flexibility index (Phi) is 5.62. The van der Waals surface area contributed by atoms with Crippen LogP contribution >= 0.6 is 0 Å². The molecular formula is C18H22N2O3S. The van der Waals surface area contributed by atoms with E-state index in [1.807, 2.05) is 30.3 Å². The van der Waals surface area contributed by atoms with Crippen LogP contribution in [0.5, 0.6) is 0 Å². The molecule has 2 rings (SSSR count). The van der Waals surface area contributed by atoms with Crippen molar-refractivity contribution in [2.45, 2.75) is 19.8 Å². The summed E-state index contributed by atoms with van der Waals surface area (Å²) in [4.78, 5) is 12.3. The Morgan fingerprint density at radius 1 is 1.12 bits per heavy atom. The van der Waals surface area contributed by atoms with Gasteiger partial charge in [-0.2, -0.15) is 0 Å². The lowest BCUT2D eigenvalue weighted by molar-refractivity contribution is 0.0951. The molecule has 2 aromatic carbocycles. The molecule has 0 aliphatic carbocycles. The van der Waals surface area contributed by atoms with E-state index >= 15 is 0 Å². The minimum atomic E-state index is -3.34. The molecular weight excluding hydrogens is 324 g/mol. The molecule has 0 aliphatic heterocycles. The van der Waals surface area contributed by atoms with Gasteiger partial charge in [0, 0.05) is 12.1 Å². The standard InChI is InChI=1S/C18H22N2O3S/c1-13-11-16(9-10-17(13)20-24(3,22)23)18(21)19-12-14(2)15-7-5-4-6-8-15/h4-11,14,20H,12H2,1-3H3,(H,19,21)/t14-/m1/s1. The fourth-order valence-corrected chi connectivity index (χ4v) is 2.99. The van der Waals surface area contributed by atoms with Gasteiger partial charge in [0.2, 0.25) is 10.0 Å². The van der Waals surface area contributed by atoms with Crippen LogP contribution in [0, 0.1) is 6.92 Å². The average Bonchev–Trinajstić information content (AvgIpc) is 2.53. The number of rotatable bonds is 6. The van der Waals surface area contributed by atoms with Crippen molar-refractivity contribution in [3.8, 4) is 0 Å². The highest BCUT2D eigenvalue weighted by atomic mass is 32.2. The zero-order valence-corrected chi connectivity index (χ0v) is 14.9. The Morgan fingerprint density at radius 3 is 2.38 bits per heavy atom. The van der Waals surface area contributed by atoms with Gasteiger partial charge in [0.25, 0.3) is 5.91 Å². The highest BCUT2D eigenvalue weighted by Gasteiger charge is 2.12. The Balaban J connectivity index is 2.01. The molecule has 0 radical (unpaired) electrons. The number of carbonyl (C=O) groups excluding carboxylic acids is 1. The van der Waals surface area contributed by atoms with Crippen molar-refractivity contribution < 1.29 is 13.2 Å². The summed E-state index contributed by atoms with van der Waals surface area (Å²) in [5.74, 6) is 0.0363. The predicted octanol–water partition coefficient (Wildman–Crippen LogP) is 2.90. The van der Waals surface area contributed by atoms with Crippen molar-refractivity contribution in [2.24, 2.45) is 0 Å².